The van der Waals surface area contributed by atoms with Gasteiger partial charge in [-0.05, 0) is 80.6 Å². The third-order valence-electron chi connectivity index (χ3n) is 8.04. The standard InChI is InChI=1S/C24H30FN3O4S/c1-2-22(29)26-21-4-3-19(12-20(21)25)33(31,32)28-7-5-27(6-8-28)23(30)24-13-16-9-17(14-24)11-18(10-16)15-24/h2-4,12,16-18H,1,5-11,13-15H2,(H,26,29). The van der Waals surface area contributed by atoms with Crippen molar-refractivity contribution in [2.45, 2.75) is 43.4 Å². The van der Waals surface area contributed by atoms with Crippen molar-refractivity contribution < 1.29 is 22.4 Å². The fourth-order valence-corrected chi connectivity index (χ4v) is 8.36. The molecule has 1 aliphatic heterocycles. The van der Waals surface area contributed by atoms with E-state index in [0.29, 0.717) is 30.8 Å². The van der Waals surface area contributed by atoms with Crippen molar-refractivity contribution in [1.82, 2.24) is 9.21 Å². The Hall–Kier alpha value is -2.26. The van der Waals surface area contributed by atoms with Crippen molar-refractivity contribution in [2.75, 3.05) is 31.5 Å². The van der Waals surface area contributed by atoms with E-state index in [1.807, 2.05) is 4.90 Å². The van der Waals surface area contributed by atoms with Crippen molar-refractivity contribution in [3.8, 4) is 0 Å². The SMILES string of the molecule is C=CC(=O)Nc1ccc(S(=O)(=O)N2CCN(C(=O)C34CC5CC(CC(C5)C3)C4)CC2)cc1F. The van der Waals surface area contributed by atoms with E-state index in [-0.39, 0.29) is 35.0 Å². The normalized spacial score (nSPS) is 31.4. The molecule has 6 rings (SSSR count). The molecule has 5 aliphatic rings. The Morgan fingerprint density at radius 1 is 1.03 bits per heavy atom. The molecule has 0 aromatic heterocycles. The Morgan fingerprint density at radius 2 is 1.61 bits per heavy atom. The smallest absolute Gasteiger partial charge is 0.247 e. The Labute approximate surface area is 194 Å². The quantitative estimate of drug-likeness (QED) is 0.664. The molecular formula is C24H30FN3O4S. The van der Waals surface area contributed by atoms with Gasteiger partial charge >= 0.3 is 0 Å². The van der Waals surface area contributed by atoms with Gasteiger partial charge in [0.2, 0.25) is 21.8 Å². The molecule has 1 aromatic carbocycles. The lowest BCUT2D eigenvalue weighted by Crippen LogP contribution is -2.58. The average Bonchev–Trinajstić information content (AvgIpc) is 2.79. The van der Waals surface area contributed by atoms with E-state index in [1.165, 1.54) is 35.7 Å². The summed E-state index contributed by atoms with van der Waals surface area (Å²) in [5, 5.41) is 2.31. The van der Waals surface area contributed by atoms with Gasteiger partial charge in [0.1, 0.15) is 5.82 Å². The van der Waals surface area contributed by atoms with E-state index in [9.17, 15) is 22.4 Å². The van der Waals surface area contributed by atoms with Crippen LogP contribution in [-0.4, -0.2) is 55.6 Å². The molecule has 4 saturated carbocycles. The molecule has 0 unspecified atom stereocenters. The zero-order valence-corrected chi connectivity index (χ0v) is 19.4. The van der Waals surface area contributed by atoms with Gasteiger partial charge in [0.05, 0.1) is 16.0 Å². The van der Waals surface area contributed by atoms with Crippen molar-refractivity contribution in [3.63, 3.8) is 0 Å². The molecule has 1 saturated heterocycles. The molecule has 1 aromatic rings. The maximum atomic E-state index is 14.4. The molecule has 33 heavy (non-hydrogen) atoms. The van der Waals surface area contributed by atoms with Gasteiger partial charge in [-0.2, -0.15) is 4.31 Å². The summed E-state index contributed by atoms with van der Waals surface area (Å²) in [6, 6.07) is 3.43. The number of anilines is 1. The number of nitrogens with one attached hydrogen (secondary N) is 1. The van der Waals surface area contributed by atoms with E-state index < -0.39 is 21.7 Å². The first kappa shape index (κ1) is 22.5. The van der Waals surface area contributed by atoms with Gasteiger partial charge in [0, 0.05) is 26.2 Å². The third kappa shape index (κ3) is 3.99. The van der Waals surface area contributed by atoms with E-state index in [4.69, 9.17) is 0 Å². The fourth-order valence-electron chi connectivity index (χ4n) is 6.93. The molecule has 1 heterocycles. The molecule has 1 N–H and O–H groups in total. The number of nitrogens with zero attached hydrogens (tertiary/aromatic N) is 2. The lowest BCUT2D eigenvalue weighted by atomic mass is 9.49. The molecule has 0 radical (unpaired) electrons. The number of piperazine rings is 1. The molecule has 4 aliphatic carbocycles. The van der Waals surface area contributed by atoms with Crippen molar-refractivity contribution >= 4 is 27.5 Å². The van der Waals surface area contributed by atoms with Gasteiger partial charge in [0.15, 0.2) is 0 Å². The highest BCUT2D eigenvalue weighted by molar-refractivity contribution is 7.89. The molecular weight excluding hydrogens is 445 g/mol. The molecule has 4 bridgehead atoms. The predicted molar refractivity (Wildman–Crippen MR) is 121 cm³/mol. The van der Waals surface area contributed by atoms with Gasteiger partial charge in [0.25, 0.3) is 0 Å². The fraction of sp³-hybridized carbons (Fsp3) is 0.583. The molecule has 5 fully saturated rings. The van der Waals surface area contributed by atoms with E-state index in [1.54, 1.807) is 0 Å². The van der Waals surface area contributed by atoms with E-state index in [0.717, 1.165) is 31.4 Å². The van der Waals surface area contributed by atoms with Crippen LogP contribution >= 0.6 is 0 Å². The first-order chi connectivity index (χ1) is 15.7. The van der Waals surface area contributed by atoms with Crippen LogP contribution in [-0.2, 0) is 19.6 Å². The molecule has 178 valence electrons. The van der Waals surface area contributed by atoms with Crippen LogP contribution in [0.1, 0.15) is 38.5 Å². The van der Waals surface area contributed by atoms with Crippen LogP contribution in [0.3, 0.4) is 0 Å². The van der Waals surface area contributed by atoms with Crippen molar-refractivity contribution in [3.05, 3.63) is 36.7 Å². The topological polar surface area (TPSA) is 86.8 Å². The number of carbonyl (C=O) groups is 2. The van der Waals surface area contributed by atoms with Crippen LogP contribution in [0, 0.1) is 29.0 Å². The van der Waals surface area contributed by atoms with Crippen LogP contribution in [0.2, 0.25) is 0 Å². The van der Waals surface area contributed by atoms with Gasteiger partial charge in [-0.1, -0.05) is 6.58 Å². The van der Waals surface area contributed by atoms with Gasteiger partial charge in [-0.15, -0.1) is 0 Å². The molecule has 0 spiro atoms. The minimum absolute atomic E-state index is 0.107. The number of amides is 2. The Kier molecular flexibility index (Phi) is 5.60. The lowest BCUT2D eigenvalue weighted by Gasteiger charge is -2.57. The van der Waals surface area contributed by atoms with Gasteiger partial charge in [-0.3, -0.25) is 9.59 Å². The summed E-state index contributed by atoms with van der Waals surface area (Å²) in [7, 11) is -3.91. The zero-order valence-electron chi connectivity index (χ0n) is 18.6. The van der Waals surface area contributed by atoms with Crippen LogP contribution in [0.5, 0.6) is 0 Å². The van der Waals surface area contributed by atoms with Crippen LogP contribution < -0.4 is 5.32 Å². The number of rotatable bonds is 5. The molecule has 0 atom stereocenters. The average molecular weight is 476 g/mol. The maximum absolute atomic E-state index is 14.4. The summed E-state index contributed by atoms with van der Waals surface area (Å²) in [4.78, 5) is 26.6. The Morgan fingerprint density at radius 3 is 2.12 bits per heavy atom. The largest absolute Gasteiger partial charge is 0.340 e. The molecule has 9 heteroatoms. The van der Waals surface area contributed by atoms with Crippen molar-refractivity contribution in [2.24, 2.45) is 23.2 Å². The number of hydrogen-bond donors (Lipinski definition) is 1. The number of sulfonamides is 1. The second kappa shape index (κ2) is 8.20. The highest BCUT2D eigenvalue weighted by Crippen LogP contribution is 2.60. The zero-order chi connectivity index (χ0) is 23.4. The van der Waals surface area contributed by atoms with Gasteiger partial charge in [-0.25, -0.2) is 12.8 Å². The number of halogens is 1. The van der Waals surface area contributed by atoms with Crippen LogP contribution in [0.15, 0.2) is 35.7 Å². The molecule has 2 amide bonds. The first-order valence-electron chi connectivity index (χ1n) is 11.7. The van der Waals surface area contributed by atoms with Gasteiger partial charge < -0.3 is 10.2 Å². The number of benzene rings is 1. The second-order valence-electron chi connectivity index (χ2n) is 10.2. The Bertz CT molecular complexity index is 1060. The summed E-state index contributed by atoms with van der Waals surface area (Å²) in [5.41, 5.74) is -0.338. The maximum Gasteiger partial charge on any atom is 0.247 e. The van der Waals surface area contributed by atoms with Crippen molar-refractivity contribution in [1.29, 1.82) is 0 Å². The third-order valence-corrected chi connectivity index (χ3v) is 9.93. The summed E-state index contributed by atoms with van der Waals surface area (Å²) in [6.07, 6.45) is 7.79. The van der Waals surface area contributed by atoms with E-state index >= 15 is 0 Å². The number of hydrogen-bond acceptors (Lipinski definition) is 4. The summed E-state index contributed by atoms with van der Waals surface area (Å²) in [5.74, 6) is 0.834. The van der Waals surface area contributed by atoms with Crippen LogP contribution in [0.25, 0.3) is 0 Å². The highest BCUT2D eigenvalue weighted by atomic mass is 32.2. The minimum atomic E-state index is -3.91. The van der Waals surface area contributed by atoms with E-state index in [2.05, 4.69) is 11.9 Å². The number of carbonyl (C=O) groups excluding carboxylic acids is 2. The predicted octanol–water partition coefficient (Wildman–Crippen LogP) is 3.00. The molecule has 7 nitrogen and oxygen atoms in total. The summed E-state index contributed by atoms with van der Waals surface area (Å²) < 4.78 is 41.9. The summed E-state index contributed by atoms with van der Waals surface area (Å²) in [6.45, 7) is 4.41. The lowest BCUT2D eigenvalue weighted by molar-refractivity contribution is -0.158. The van der Waals surface area contributed by atoms with Crippen LogP contribution in [0.4, 0.5) is 10.1 Å². The minimum Gasteiger partial charge on any atom is -0.340 e. The highest BCUT2D eigenvalue weighted by Gasteiger charge is 2.55. The second-order valence-corrected chi connectivity index (χ2v) is 12.2. The first-order valence-corrected chi connectivity index (χ1v) is 13.2. The Balaban J connectivity index is 1.25. The summed E-state index contributed by atoms with van der Waals surface area (Å²) >= 11 is 0. The monoisotopic (exact) mass is 475 g/mol.